The molecule has 1 aliphatic carbocycles. The lowest BCUT2D eigenvalue weighted by Crippen LogP contribution is -2.28. The Hall–Kier alpha value is -1.93. The van der Waals surface area contributed by atoms with Gasteiger partial charge in [0.2, 0.25) is 5.95 Å². The summed E-state index contributed by atoms with van der Waals surface area (Å²) in [6.45, 7) is 2.92. The minimum atomic E-state index is -0.345. The average molecular weight is 368 g/mol. The Morgan fingerprint density at radius 2 is 1.96 bits per heavy atom. The average Bonchev–Trinajstić information content (AvgIpc) is 2.97. The van der Waals surface area contributed by atoms with Crippen LogP contribution in [0.2, 0.25) is 0 Å². The van der Waals surface area contributed by atoms with Crippen LogP contribution < -0.4 is 15.5 Å². The fourth-order valence-corrected chi connectivity index (χ4v) is 2.89. The van der Waals surface area contributed by atoms with E-state index >= 15 is 0 Å². The van der Waals surface area contributed by atoms with Crippen molar-refractivity contribution in [1.29, 1.82) is 0 Å². The largest absolute Gasteiger partial charge is 0.391 e. The van der Waals surface area contributed by atoms with E-state index in [2.05, 4.69) is 37.5 Å². The van der Waals surface area contributed by atoms with Gasteiger partial charge in [-0.25, -0.2) is 15.0 Å². The number of halogens is 1. The molecule has 0 aromatic carbocycles. The van der Waals surface area contributed by atoms with Gasteiger partial charge in [0, 0.05) is 20.6 Å². The molecule has 2 heterocycles. The number of aromatic nitrogens is 4. The second kappa shape index (κ2) is 8.44. The van der Waals surface area contributed by atoms with E-state index in [0.717, 1.165) is 32.2 Å². The summed E-state index contributed by atoms with van der Waals surface area (Å²) in [5.74, 6) is 1.96. The third kappa shape index (κ3) is 4.19. The lowest BCUT2D eigenvalue weighted by molar-refractivity contribution is 0.171. The van der Waals surface area contributed by atoms with Crippen molar-refractivity contribution >= 4 is 41.0 Å². The highest BCUT2D eigenvalue weighted by atomic mass is 35.5. The lowest BCUT2D eigenvalue weighted by atomic mass is 10.2. The molecule has 138 valence electrons. The van der Waals surface area contributed by atoms with E-state index in [1.54, 1.807) is 0 Å². The third-order valence-electron chi connectivity index (χ3n) is 4.21. The van der Waals surface area contributed by atoms with Gasteiger partial charge >= 0.3 is 0 Å². The fraction of sp³-hybridized carbons (Fsp3) is 0.625. The molecule has 9 heteroatoms. The van der Waals surface area contributed by atoms with Crippen LogP contribution in [0.5, 0.6) is 0 Å². The zero-order chi connectivity index (χ0) is 17.1. The zero-order valence-corrected chi connectivity index (χ0v) is 15.7. The number of fused-ring (bicyclic) bond motifs is 1. The van der Waals surface area contributed by atoms with Crippen molar-refractivity contribution < 1.29 is 5.11 Å². The first-order chi connectivity index (χ1) is 11.6. The molecule has 1 aliphatic rings. The number of aliphatic hydroxyl groups is 1. The second-order valence-electron chi connectivity index (χ2n) is 6.36. The lowest BCUT2D eigenvalue weighted by Gasteiger charge is -2.19. The highest BCUT2D eigenvalue weighted by molar-refractivity contribution is 5.93. The maximum absolute atomic E-state index is 10.1. The van der Waals surface area contributed by atoms with Crippen LogP contribution in [-0.2, 0) is 0 Å². The maximum Gasteiger partial charge on any atom is 0.227 e. The van der Waals surface area contributed by atoms with Gasteiger partial charge in [-0.1, -0.05) is 6.92 Å². The Balaban J connectivity index is 0.00000225. The molecule has 2 aromatic heterocycles. The van der Waals surface area contributed by atoms with Gasteiger partial charge in [0.05, 0.1) is 12.1 Å². The summed E-state index contributed by atoms with van der Waals surface area (Å²) in [7, 11) is 3.81. The van der Waals surface area contributed by atoms with Crippen LogP contribution in [0.3, 0.4) is 0 Å². The van der Waals surface area contributed by atoms with Crippen molar-refractivity contribution in [3.8, 4) is 0 Å². The van der Waals surface area contributed by atoms with Gasteiger partial charge in [0.1, 0.15) is 17.4 Å². The van der Waals surface area contributed by atoms with Crippen LogP contribution in [0.25, 0.3) is 11.0 Å². The molecule has 2 aromatic rings. The summed E-state index contributed by atoms with van der Waals surface area (Å²) in [5, 5.41) is 16.7. The monoisotopic (exact) mass is 367 g/mol. The first kappa shape index (κ1) is 19.4. The molecule has 3 N–H and O–H groups in total. The summed E-state index contributed by atoms with van der Waals surface area (Å²) in [6, 6.07) is 0.00734. The molecule has 0 saturated heterocycles. The predicted molar refractivity (Wildman–Crippen MR) is 103 cm³/mol. The van der Waals surface area contributed by atoms with Gasteiger partial charge in [0.25, 0.3) is 0 Å². The topological polar surface area (TPSA) is 99.1 Å². The SMILES string of the molecule is CCCNc1nc(N(C)C)nc2c(N[C@@H]3CCC[C@H]3O)ncnc12.Cl. The molecule has 3 rings (SSSR count). The van der Waals surface area contributed by atoms with Crippen molar-refractivity contribution in [2.75, 3.05) is 36.2 Å². The summed E-state index contributed by atoms with van der Waals surface area (Å²) in [5.41, 5.74) is 1.37. The number of hydrogen-bond acceptors (Lipinski definition) is 8. The number of rotatable bonds is 6. The standard InChI is InChI=1S/C16H25N7O.ClH/c1-4-8-17-14-12-13(21-16(22-14)23(2)3)15(19-9-18-12)20-10-6-5-7-11(10)24;/h9-11,24H,4-8H2,1-3H3,(H,17,21,22)(H,18,19,20);1H/t10-,11-;/m1./s1. The van der Waals surface area contributed by atoms with Crippen LogP contribution in [-0.4, -0.2) is 57.8 Å². The molecule has 2 atom stereocenters. The van der Waals surface area contributed by atoms with Crippen LogP contribution in [0, 0.1) is 0 Å². The number of nitrogens with one attached hydrogen (secondary N) is 2. The summed E-state index contributed by atoms with van der Waals surface area (Å²) < 4.78 is 0. The smallest absolute Gasteiger partial charge is 0.227 e. The van der Waals surface area contributed by atoms with E-state index in [1.807, 2.05) is 19.0 Å². The molecule has 0 bridgehead atoms. The van der Waals surface area contributed by atoms with Gasteiger partial charge < -0.3 is 20.6 Å². The van der Waals surface area contributed by atoms with E-state index in [0.29, 0.717) is 28.6 Å². The quantitative estimate of drug-likeness (QED) is 0.713. The Labute approximate surface area is 153 Å². The van der Waals surface area contributed by atoms with Crippen LogP contribution >= 0.6 is 12.4 Å². The molecule has 1 fully saturated rings. The van der Waals surface area contributed by atoms with E-state index in [1.165, 1.54) is 6.33 Å². The summed E-state index contributed by atoms with van der Waals surface area (Å²) >= 11 is 0. The van der Waals surface area contributed by atoms with Crippen LogP contribution in [0.1, 0.15) is 32.6 Å². The Kier molecular flexibility index (Phi) is 6.55. The number of anilines is 3. The number of nitrogens with zero attached hydrogens (tertiary/aromatic N) is 5. The Morgan fingerprint density at radius 1 is 1.16 bits per heavy atom. The molecule has 0 unspecified atom stereocenters. The normalized spacial score (nSPS) is 19.5. The molecule has 0 amide bonds. The number of hydrogen-bond donors (Lipinski definition) is 3. The maximum atomic E-state index is 10.1. The third-order valence-corrected chi connectivity index (χ3v) is 4.21. The van der Waals surface area contributed by atoms with Gasteiger partial charge in [-0.05, 0) is 25.7 Å². The van der Waals surface area contributed by atoms with E-state index < -0.39 is 0 Å². The summed E-state index contributed by atoms with van der Waals surface area (Å²) in [4.78, 5) is 19.8. The molecule has 8 nitrogen and oxygen atoms in total. The van der Waals surface area contributed by atoms with Gasteiger partial charge in [0.15, 0.2) is 11.6 Å². The molecule has 0 spiro atoms. The summed E-state index contributed by atoms with van der Waals surface area (Å²) in [6.07, 6.45) is 4.93. The molecule has 1 saturated carbocycles. The minimum Gasteiger partial charge on any atom is -0.391 e. The predicted octanol–water partition coefficient (Wildman–Crippen LogP) is 2.05. The zero-order valence-electron chi connectivity index (χ0n) is 14.9. The molecule has 25 heavy (non-hydrogen) atoms. The molecule has 0 aliphatic heterocycles. The van der Waals surface area contributed by atoms with Crippen LogP contribution in [0.15, 0.2) is 6.33 Å². The van der Waals surface area contributed by atoms with Crippen LogP contribution in [0.4, 0.5) is 17.6 Å². The number of aliphatic hydroxyl groups excluding tert-OH is 1. The van der Waals surface area contributed by atoms with Gasteiger partial charge in [-0.2, -0.15) is 4.98 Å². The fourth-order valence-electron chi connectivity index (χ4n) is 2.89. The van der Waals surface area contributed by atoms with Crippen molar-refractivity contribution in [1.82, 2.24) is 19.9 Å². The van der Waals surface area contributed by atoms with Crippen molar-refractivity contribution in [3.05, 3.63) is 6.33 Å². The highest BCUT2D eigenvalue weighted by Gasteiger charge is 2.26. The Morgan fingerprint density at radius 3 is 2.60 bits per heavy atom. The second-order valence-corrected chi connectivity index (χ2v) is 6.36. The van der Waals surface area contributed by atoms with Crippen molar-refractivity contribution in [2.24, 2.45) is 0 Å². The molecule has 0 radical (unpaired) electrons. The van der Waals surface area contributed by atoms with E-state index in [4.69, 9.17) is 0 Å². The van der Waals surface area contributed by atoms with Crippen molar-refractivity contribution in [3.63, 3.8) is 0 Å². The first-order valence-corrected chi connectivity index (χ1v) is 8.48. The molecular formula is C16H26ClN7O. The minimum absolute atomic E-state index is 0. The van der Waals surface area contributed by atoms with Crippen molar-refractivity contribution in [2.45, 2.75) is 44.8 Å². The first-order valence-electron chi connectivity index (χ1n) is 8.48. The highest BCUT2D eigenvalue weighted by Crippen LogP contribution is 2.28. The molecular weight excluding hydrogens is 342 g/mol. The Bertz CT molecular complexity index is 712. The van der Waals surface area contributed by atoms with Gasteiger partial charge in [-0.15, -0.1) is 12.4 Å². The van der Waals surface area contributed by atoms with Gasteiger partial charge in [-0.3, -0.25) is 0 Å². The van der Waals surface area contributed by atoms with E-state index in [-0.39, 0.29) is 24.6 Å². The van der Waals surface area contributed by atoms with E-state index in [9.17, 15) is 5.11 Å².